The van der Waals surface area contributed by atoms with Crippen LogP contribution < -0.4 is 10.2 Å². The van der Waals surface area contributed by atoms with Crippen LogP contribution in [0.2, 0.25) is 5.02 Å². The van der Waals surface area contributed by atoms with E-state index in [9.17, 15) is 9.59 Å². The molecule has 0 aromatic heterocycles. The van der Waals surface area contributed by atoms with Gasteiger partial charge in [-0.05, 0) is 30.9 Å². The van der Waals surface area contributed by atoms with Crippen LogP contribution in [0.25, 0.3) is 0 Å². The smallest absolute Gasteiger partial charge is 0.275 e. The van der Waals surface area contributed by atoms with Crippen LogP contribution in [-0.2, 0) is 4.79 Å². The van der Waals surface area contributed by atoms with E-state index in [0.29, 0.717) is 42.2 Å². The molecular formula is C20H29ClN3O2+. The summed E-state index contributed by atoms with van der Waals surface area (Å²) >= 11 is 6.13. The van der Waals surface area contributed by atoms with Crippen LogP contribution in [0, 0.1) is 5.92 Å². The second kappa shape index (κ2) is 8.87. The summed E-state index contributed by atoms with van der Waals surface area (Å²) in [5, 5.41) is 3.72. The van der Waals surface area contributed by atoms with Crippen LogP contribution in [-0.4, -0.2) is 55.5 Å². The Kier molecular flexibility index (Phi) is 6.54. The minimum Gasteiger partial charge on any atom is -0.348 e. The average molecular weight is 379 g/mol. The molecule has 5 nitrogen and oxygen atoms in total. The number of nitrogens with one attached hydrogen (secondary N) is 2. The molecule has 0 radical (unpaired) electrons. The van der Waals surface area contributed by atoms with E-state index in [1.54, 1.807) is 12.1 Å². The van der Waals surface area contributed by atoms with Crippen molar-refractivity contribution < 1.29 is 14.5 Å². The summed E-state index contributed by atoms with van der Waals surface area (Å²) in [6, 6.07) is 7.50. The topological polar surface area (TPSA) is 53.9 Å². The fourth-order valence-corrected chi connectivity index (χ4v) is 4.24. The molecule has 2 amide bonds. The van der Waals surface area contributed by atoms with Crippen molar-refractivity contribution in [1.29, 1.82) is 0 Å². The van der Waals surface area contributed by atoms with Gasteiger partial charge in [0, 0.05) is 6.04 Å². The highest BCUT2D eigenvalue weighted by atomic mass is 35.5. The first kappa shape index (κ1) is 19.2. The maximum Gasteiger partial charge on any atom is 0.275 e. The molecule has 6 heteroatoms. The van der Waals surface area contributed by atoms with Crippen molar-refractivity contribution in [3.05, 3.63) is 34.9 Å². The Hall–Kier alpha value is -1.59. The minimum absolute atomic E-state index is 0.0184. The molecule has 2 aliphatic rings. The normalized spacial score (nSPS) is 24.3. The van der Waals surface area contributed by atoms with Crippen LogP contribution in [0.4, 0.5) is 0 Å². The lowest BCUT2D eigenvalue weighted by Gasteiger charge is -2.33. The number of quaternary nitrogens is 1. The van der Waals surface area contributed by atoms with Gasteiger partial charge in [0.05, 0.1) is 36.8 Å². The zero-order valence-corrected chi connectivity index (χ0v) is 16.2. The lowest BCUT2D eigenvalue weighted by Crippen LogP contribution is -3.16. The quantitative estimate of drug-likeness (QED) is 0.831. The van der Waals surface area contributed by atoms with E-state index < -0.39 is 0 Å². The molecular weight excluding hydrogens is 350 g/mol. The molecule has 1 aliphatic carbocycles. The Balaban J connectivity index is 1.45. The lowest BCUT2D eigenvalue weighted by atomic mass is 9.86. The van der Waals surface area contributed by atoms with Crippen molar-refractivity contribution in [3.63, 3.8) is 0 Å². The fourth-order valence-electron chi connectivity index (χ4n) is 4.02. The Labute approximate surface area is 160 Å². The number of nitrogens with zero attached hydrogens (tertiary/aromatic N) is 1. The van der Waals surface area contributed by atoms with Gasteiger partial charge in [-0.15, -0.1) is 0 Å². The van der Waals surface area contributed by atoms with Crippen molar-refractivity contribution in [2.75, 3.05) is 32.7 Å². The van der Waals surface area contributed by atoms with Crippen LogP contribution in [0.5, 0.6) is 0 Å². The van der Waals surface area contributed by atoms with E-state index in [1.807, 2.05) is 17.0 Å². The number of hydrogen-bond acceptors (Lipinski definition) is 2. The number of piperazine rings is 1. The molecule has 0 bridgehead atoms. The zero-order chi connectivity index (χ0) is 18.5. The summed E-state index contributed by atoms with van der Waals surface area (Å²) in [6.07, 6.45) is 4.80. The third-order valence-corrected chi connectivity index (χ3v) is 6.06. The summed E-state index contributed by atoms with van der Waals surface area (Å²) in [7, 11) is 0. The minimum atomic E-state index is -0.0184. The molecule has 1 aromatic carbocycles. The lowest BCUT2D eigenvalue weighted by molar-refractivity contribution is -0.896. The van der Waals surface area contributed by atoms with Crippen molar-refractivity contribution in [3.8, 4) is 0 Å². The molecule has 142 valence electrons. The highest BCUT2D eigenvalue weighted by molar-refractivity contribution is 6.33. The van der Waals surface area contributed by atoms with E-state index in [2.05, 4.69) is 12.2 Å². The Bertz CT molecular complexity index is 644. The van der Waals surface area contributed by atoms with Crippen LogP contribution in [0.1, 0.15) is 43.0 Å². The Morgan fingerprint density at radius 1 is 1.19 bits per heavy atom. The average Bonchev–Trinajstić information content (AvgIpc) is 2.64. The molecule has 0 spiro atoms. The maximum atomic E-state index is 12.6. The molecule has 26 heavy (non-hydrogen) atoms. The van der Waals surface area contributed by atoms with Crippen molar-refractivity contribution in [2.24, 2.45) is 5.92 Å². The standard InChI is InChI=1S/C20H28ClN3O2/c1-15-6-2-5-9-18(15)22-19(25)14-23-10-12-24(13-11-23)20(26)16-7-3-4-8-17(16)21/h3-4,7-8,15,18H,2,5-6,9-14H2,1H3,(H,22,25)/p+1/t15-,18-/m1/s1. The van der Waals surface area contributed by atoms with Gasteiger partial charge in [-0.3, -0.25) is 9.59 Å². The van der Waals surface area contributed by atoms with E-state index in [1.165, 1.54) is 24.2 Å². The highest BCUT2D eigenvalue weighted by Crippen LogP contribution is 2.23. The first-order chi connectivity index (χ1) is 12.5. The summed E-state index contributed by atoms with van der Waals surface area (Å²) in [4.78, 5) is 28.1. The van der Waals surface area contributed by atoms with Gasteiger partial charge in [-0.25, -0.2) is 0 Å². The summed E-state index contributed by atoms with van der Waals surface area (Å²) in [5.41, 5.74) is 0.557. The summed E-state index contributed by atoms with van der Waals surface area (Å²) < 4.78 is 0. The predicted octanol–water partition coefficient (Wildman–Crippen LogP) is 1.38. The number of carbonyl (C=O) groups is 2. The monoisotopic (exact) mass is 378 g/mol. The van der Waals surface area contributed by atoms with E-state index in [0.717, 1.165) is 19.5 Å². The van der Waals surface area contributed by atoms with E-state index in [4.69, 9.17) is 11.6 Å². The van der Waals surface area contributed by atoms with E-state index in [-0.39, 0.29) is 11.8 Å². The van der Waals surface area contributed by atoms with Gasteiger partial charge in [0.15, 0.2) is 6.54 Å². The van der Waals surface area contributed by atoms with Gasteiger partial charge in [-0.2, -0.15) is 0 Å². The first-order valence-electron chi connectivity index (χ1n) is 9.71. The number of hydrogen-bond donors (Lipinski definition) is 2. The second-order valence-electron chi connectivity index (χ2n) is 7.63. The second-order valence-corrected chi connectivity index (χ2v) is 8.04. The van der Waals surface area contributed by atoms with E-state index >= 15 is 0 Å². The molecule has 0 unspecified atom stereocenters. The van der Waals surface area contributed by atoms with Gasteiger partial charge in [0.25, 0.3) is 11.8 Å². The third kappa shape index (κ3) is 4.77. The molecule has 1 aromatic rings. The molecule has 2 atom stereocenters. The first-order valence-corrected chi connectivity index (χ1v) is 10.1. The van der Waals surface area contributed by atoms with Crippen LogP contribution in [0.3, 0.4) is 0 Å². The predicted molar refractivity (Wildman–Crippen MR) is 102 cm³/mol. The highest BCUT2D eigenvalue weighted by Gasteiger charge is 2.28. The number of carbonyl (C=O) groups excluding carboxylic acids is 2. The largest absolute Gasteiger partial charge is 0.348 e. The van der Waals surface area contributed by atoms with Crippen LogP contribution >= 0.6 is 11.6 Å². The SMILES string of the molecule is C[C@@H]1CCCC[C@H]1NC(=O)C[NH+]1CCN(C(=O)c2ccccc2Cl)CC1. The number of halogens is 1. The van der Waals surface area contributed by atoms with Gasteiger partial charge in [0.1, 0.15) is 0 Å². The molecule has 1 saturated carbocycles. The van der Waals surface area contributed by atoms with Crippen molar-refractivity contribution in [1.82, 2.24) is 10.2 Å². The van der Waals surface area contributed by atoms with Gasteiger partial charge in [-0.1, -0.05) is 43.5 Å². The van der Waals surface area contributed by atoms with Gasteiger partial charge in [0.2, 0.25) is 0 Å². The fraction of sp³-hybridized carbons (Fsp3) is 0.600. The zero-order valence-electron chi connectivity index (χ0n) is 15.5. The molecule has 1 heterocycles. The number of benzene rings is 1. The van der Waals surface area contributed by atoms with Crippen molar-refractivity contribution >= 4 is 23.4 Å². The third-order valence-electron chi connectivity index (χ3n) is 5.73. The van der Waals surface area contributed by atoms with Crippen LogP contribution in [0.15, 0.2) is 24.3 Å². The molecule has 3 rings (SSSR count). The Morgan fingerprint density at radius 2 is 1.88 bits per heavy atom. The maximum absolute atomic E-state index is 12.6. The molecule has 2 fully saturated rings. The molecule has 1 aliphatic heterocycles. The summed E-state index contributed by atoms with van der Waals surface area (Å²) in [5.74, 6) is 0.701. The number of rotatable bonds is 4. The molecule has 2 N–H and O–H groups in total. The number of amides is 2. The van der Waals surface area contributed by atoms with Gasteiger partial charge < -0.3 is 15.1 Å². The van der Waals surface area contributed by atoms with Crippen molar-refractivity contribution in [2.45, 2.75) is 38.6 Å². The molecule has 1 saturated heterocycles. The Morgan fingerprint density at radius 3 is 2.58 bits per heavy atom. The summed E-state index contributed by atoms with van der Waals surface area (Å²) in [6.45, 7) is 5.64. The van der Waals surface area contributed by atoms with Gasteiger partial charge >= 0.3 is 0 Å².